The molecule has 0 radical (unpaired) electrons. The molecule has 10 heteroatoms. The molecule has 172 valence electrons. The van der Waals surface area contributed by atoms with E-state index in [0.717, 1.165) is 38.2 Å². The van der Waals surface area contributed by atoms with E-state index in [1.165, 1.54) is 12.1 Å². The van der Waals surface area contributed by atoms with Gasteiger partial charge in [0.1, 0.15) is 18.4 Å². The van der Waals surface area contributed by atoms with Crippen LogP contribution in [0.25, 0.3) is 0 Å². The predicted molar refractivity (Wildman–Crippen MR) is 113 cm³/mol. The number of pyridine rings is 1. The monoisotopic (exact) mass is 444 g/mol. The SMILES string of the molecule is O=C(N[C@H](CCNC(=O)C1CCN(Cc2ccccn2)CC1)C(=O)O)c1ccc(CO)o1. The Balaban J connectivity index is 1.39. The number of nitrogens with zero attached hydrogens (tertiary/aromatic N) is 2. The molecule has 0 unspecified atom stereocenters. The molecular formula is C22H28N4O6. The third kappa shape index (κ3) is 6.63. The van der Waals surface area contributed by atoms with Crippen molar-refractivity contribution in [3.63, 3.8) is 0 Å². The van der Waals surface area contributed by atoms with Gasteiger partial charge < -0.3 is 25.3 Å². The number of aliphatic hydroxyl groups excluding tert-OH is 1. The lowest BCUT2D eigenvalue weighted by Crippen LogP contribution is -2.44. The van der Waals surface area contributed by atoms with E-state index in [1.807, 2.05) is 18.2 Å². The van der Waals surface area contributed by atoms with Gasteiger partial charge in [0.2, 0.25) is 5.91 Å². The third-order valence-electron chi connectivity index (χ3n) is 5.45. The number of aliphatic carboxylic acids is 1. The van der Waals surface area contributed by atoms with Gasteiger partial charge in [-0.15, -0.1) is 0 Å². The summed E-state index contributed by atoms with van der Waals surface area (Å²) in [7, 11) is 0. The molecule has 2 amide bonds. The molecule has 2 aromatic rings. The first kappa shape index (κ1) is 23.4. The van der Waals surface area contributed by atoms with Crippen LogP contribution in [0.15, 0.2) is 40.9 Å². The number of carboxylic acids is 1. The third-order valence-corrected chi connectivity index (χ3v) is 5.45. The summed E-state index contributed by atoms with van der Waals surface area (Å²) in [5.74, 6) is -1.99. The van der Waals surface area contributed by atoms with Crippen molar-refractivity contribution < 1.29 is 29.0 Å². The molecule has 3 heterocycles. The minimum atomic E-state index is -1.20. The number of carboxylic acid groups (broad SMARTS) is 1. The van der Waals surface area contributed by atoms with E-state index >= 15 is 0 Å². The van der Waals surface area contributed by atoms with Gasteiger partial charge in [-0.1, -0.05) is 6.07 Å². The summed E-state index contributed by atoms with van der Waals surface area (Å²) in [4.78, 5) is 42.7. The van der Waals surface area contributed by atoms with E-state index in [1.54, 1.807) is 6.20 Å². The van der Waals surface area contributed by atoms with Gasteiger partial charge in [-0.05, 0) is 56.6 Å². The van der Waals surface area contributed by atoms with Crippen molar-refractivity contribution in [3.8, 4) is 0 Å². The molecule has 2 aromatic heterocycles. The Hall–Kier alpha value is -3.24. The van der Waals surface area contributed by atoms with Gasteiger partial charge in [-0.2, -0.15) is 0 Å². The molecular weight excluding hydrogens is 416 g/mol. The number of hydrogen-bond acceptors (Lipinski definition) is 7. The Bertz CT molecular complexity index is 908. The van der Waals surface area contributed by atoms with E-state index in [0.29, 0.717) is 0 Å². The van der Waals surface area contributed by atoms with Crippen LogP contribution in [-0.2, 0) is 22.7 Å². The maximum Gasteiger partial charge on any atom is 0.326 e. The molecule has 0 aliphatic carbocycles. The van der Waals surface area contributed by atoms with E-state index in [2.05, 4.69) is 20.5 Å². The van der Waals surface area contributed by atoms with Crippen molar-refractivity contribution in [2.24, 2.45) is 5.92 Å². The molecule has 0 saturated carbocycles. The maximum atomic E-state index is 12.5. The van der Waals surface area contributed by atoms with Crippen molar-refractivity contribution in [2.45, 2.75) is 38.5 Å². The fraction of sp³-hybridized carbons (Fsp3) is 0.455. The first-order valence-corrected chi connectivity index (χ1v) is 10.6. The smallest absolute Gasteiger partial charge is 0.326 e. The van der Waals surface area contributed by atoms with Gasteiger partial charge in [-0.25, -0.2) is 4.79 Å². The zero-order valence-electron chi connectivity index (χ0n) is 17.7. The average Bonchev–Trinajstić information content (AvgIpc) is 3.29. The van der Waals surface area contributed by atoms with Crippen LogP contribution < -0.4 is 10.6 Å². The van der Waals surface area contributed by atoms with Crippen molar-refractivity contribution in [2.75, 3.05) is 19.6 Å². The summed E-state index contributed by atoms with van der Waals surface area (Å²) in [6, 6.07) is 7.44. The Morgan fingerprint density at radius 2 is 1.97 bits per heavy atom. The average molecular weight is 444 g/mol. The number of amides is 2. The minimum absolute atomic E-state index is 0.0406. The molecule has 0 spiro atoms. The van der Waals surface area contributed by atoms with Crippen LogP contribution in [0, 0.1) is 5.92 Å². The molecule has 0 bridgehead atoms. The van der Waals surface area contributed by atoms with Crippen LogP contribution in [0.4, 0.5) is 0 Å². The van der Waals surface area contributed by atoms with Crippen LogP contribution in [-0.4, -0.2) is 63.6 Å². The quantitative estimate of drug-likeness (QED) is 0.420. The first-order chi connectivity index (χ1) is 15.5. The molecule has 10 nitrogen and oxygen atoms in total. The van der Waals surface area contributed by atoms with Crippen molar-refractivity contribution in [1.82, 2.24) is 20.5 Å². The molecule has 1 aliphatic heterocycles. The molecule has 1 saturated heterocycles. The van der Waals surface area contributed by atoms with E-state index in [4.69, 9.17) is 9.52 Å². The number of carbonyl (C=O) groups is 3. The fourth-order valence-corrected chi connectivity index (χ4v) is 3.63. The van der Waals surface area contributed by atoms with Gasteiger partial charge >= 0.3 is 5.97 Å². The highest BCUT2D eigenvalue weighted by Crippen LogP contribution is 2.18. The van der Waals surface area contributed by atoms with Crippen LogP contribution in [0.2, 0.25) is 0 Å². The summed E-state index contributed by atoms with van der Waals surface area (Å²) in [6.45, 7) is 2.11. The summed E-state index contributed by atoms with van der Waals surface area (Å²) in [5, 5.41) is 23.5. The highest BCUT2D eigenvalue weighted by atomic mass is 16.4. The van der Waals surface area contributed by atoms with Crippen molar-refractivity contribution in [3.05, 3.63) is 53.7 Å². The highest BCUT2D eigenvalue weighted by Gasteiger charge is 2.26. The van der Waals surface area contributed by atoms with E-state index in [-0.39, 0.29) is 42.9 Å². The number of hydrogen-bond donors (Lipinski definition) is 4. The number of aromatic nitrogens is 1. The van der Waals surface area contributed by atoms with Gasteiger partial charge in [0, 0.05) is 25.2 Å². The zero-order chi connectivity index (χ0) is 22.9. The van der Waals surface area contributed by atoms with Crippen LogP contribution in [0.3, 0.4) is 0 Å². The Morgan fingerprint density at radius 3 is 2.59 bits per heavy atom. The molecule has 1 fully saturated rings. The standard InChI is InChI=1S/C22H28N4O6/c27-14-17-4-5-19(32-17)21(29)25-18(22(30)31)6-10-24-20(28)15-7-11-26(12-8-15)13-16-3-1-2-9-23-16/h1-5,9,15,18,27H,6-8,10-14H2,(H,24,28)(H,25,29)(H,30,31)/t18-/m1/s1. The van der Waals surface area contributed by atoms with E-state index < -0.39 is 17.9 Å². The largest absolute Gasteiger partial charge is 0.480 e. The lowest BCUT2D eigenvalue weighted by atomic mass is 9.95. The second-order valence-electron chi connectivity index (χ2n) is 7.74. The van der Waals surface area contributed by atoms with E-state index in [9.17, 15) is 19.5 Å². The number of piperidine rings is 1. The number of likely N-dealkylation sites (tertiary alicyclic amines) is 1. The van der Waals surface area contributed by atoms with Crippen molar-refractivity contribution >= 4 is 17.8 Å². The highest BCUT2D eigenvalue weighted by molar-refractivity contribution is 5.94. The minimum Gasteiger partial charge on any atom is -0.480 e. The maximum absolute atomic E-state index is 12.5. The molecule has 32 heavy (non-hydrogen) atoms. The molecule has 1 aliphatic rings. The van der Waals surface area contributed by atoms with Gasteiger partial charge in [0.25, 0.3) is 5.91 Å². The molecule has 4 N–H and O–H groups in total. The van der Waals surface area contributed by atoms with Crippen LogP contribution in [0.5, 0.6) is 0 Å². The van der Waals surface area contributed by atoms with Gasteiger partial charge in [0.05, 0.1) is 5.69 Å². The van der Waals surface area contributed by atoms with Gasteiger partial charge in [0.15, 0.2) is 5.76 Å². The summed E-state index contributed by atoms with van der Waals surface area (Å²) in [6.07, 6.45) is 3.26. The van der Waals surface area contributed by atoms with Crippen molar-refractivity contribution in [1.29, 1.82) is 0 Å². The first-order valence-electron chi connectivity index (χ1n) is 10.6. The lowest BCUT2D eigenvalue weighted by molar-refractivity contribution is -0.139. The summed E-state index contributed by atoms with van der Waals surface area (Å²) >= 11 is 0. The zero-order valence-corrected chi connectivity index (χ0v) is 17.7. The number of rotatable bonds is 10. The van der Waals surface area contributed by atoms with Crippen LogP contribution >= 0.6 is 0 Å². The molecule has 1 atom stereocenters. The second-order valence-corrected chi connectivity index (χ2v) is 7.74. The Kier molecular flexibility index (Phi) is 8.34. The number of aliphatic hydroxyl groups is 1. The Labute approximate surface area is 185 Å². The number of furan rings is 1. The molecule has 3 rings (SSSR count). The number of nitrogens with one attached hydrogen (secondary N) is 2. The topological polar surface area (TPSA) is 145 Å². The lowest BCUT2D eigenvalue weighted by Gasteiger charge is -2.31. The van der Waals surface area contributed by atoms with Crippen LogP contribution in [0.1, 0.15) is 41.3 Å². The van der Waals surface area contributed by atoms with Gasteiger partial charge in [-0.3, -0.25) is 19.5 Å². The normalized spacial score (nSPS) is 15.8. The predicted octanol–water partition coefficient (Wildman–Crippen LogP) is 0.768. The summed E-state index contributed by atoms with van der Waals surface area (Å²) < 4.78 is 5.11. The number of carbonyl (C=O) groups excluding carboxylic acids is 2. The Morgan fingerprint density at radius 1 is 1.19 bits per heavy atom. The summed E-state index contributed by atoms with van der Waals surface area (Å²) in [5.41, 5.74) is 0.999. The second kappa shape index (κ2) is 11.4. The fourth-order valence-electron chi connectivity index (χ4n) is 3.63. The molecule has 0 aromatic carbocycles.